The average molecular weight is 279 g/mol. The Labute approximate surface area is 121 Å². The van der Waals surface area contributed by atoms with E-state index in [1.54, 1.807) is 6.20 Å². The predicted molar refractivity (Wildman–Crippen MR) is 78.6 cm³/mol. The number of rotatable bonds is 4. The first-order valence-electron chi connectivity index (χ1n) is 7.17. The summed E-state index contributed by atoms with van der Waals surface area (Å²) in [6, 6.07) is 1.87. The largest absolute Gasteiger partial charge is 0.489 e. The van der Waals surface area contributed by atoms with Crippen LogP contribution in [0.25, 0.3) is 0 Å². The molecule has 112 valence electrons. The smallest absolute Gasteiger partial charge is 0.257 e. The molecule has 4 nitrogen and oxygen atoms in total. The number of hydrogen-bond donors (Lipinski definition) is 0. The molecule has 1 saturated carbocycles. The fourth-order valence-electron chi connectivity index (χ4n) is 1.63. The molecule has 20 heavy (non-hydrogen) atoms. The van der Waals surface area contributed by atoms with Crippen LogP contribution in [0.1, 0.15) is 54.4 Å². The summed E-state index contributed by atoms with van der Waals surface area (Å²) < 4.78 is 17.6. The zero-order valence-corrected chi connectivity index (χ0v) is 13.3. The summed E-state index contributed by atoms with van der Waals surface area (Å²) in [4.78, 5) is 4.36. The van der Waals surface area contributed by atoms with Crippen LogP contribution in [0.2, 0.25) is 0 Å². The molecule has 1 heterocycles. The van der Waals surface area contributed by atoms with Crippen molar-refractivity contribution in [3.63, 3.8) is 0 Å². The van der Waals surface area contributed by atoms with Crippen molar-refractivity contribution < 1.29 is 14.2 Å². The van der Waals surface area contributed by atoms with E-state index in [0.29, 0.717) is 17.7 Å². The van der Waals surface area contributed by atoms with Crippen LogP contribution in [0.4, 0.5) is 0 Å². The van der Waals surface area contributed by atoms with Crippen molar-refractivity contribution in [1.29, 1.82) is 0 Å². The first-order valence-corrected chi connectivity index (χ1v) is 7.17. The highest BCUT2D eigenvalue weighted by atomic mass is 16.5. The molecule has 0 aromatic carbocycles. The molecule has 0 atom stereocenters. The van der Waals surface area contributed by atoms with Gasteiger partial charge in [-0.3, -0.25) is 0 Å². The monoisotopic (exact) mass is 279 g/mol. The minimum atomic E-state index is -0.318. The summed E-state index contributed by atoms with van der Waals surface area (Å²) in [5.74, 6) is 1.88. The second-order valence-electron chi connectivity index (χ2n) is 7.22. The molecule has 1 aliphatic carbocycles. The molecule has 0 amide bonds. The van der Waals surface area contributed by atoms with Crippen molar-refractivity contribution in [3.05, 3.63) is 12.3 Å². The Morgan fingerprint density at radius 3 is 2.10 bits per heavy atom. The molecular weight excluding hydrogens is 254 g/mol. The van der Waals surface area contributed by atoms with Crippen molar-refractivity contribution in [2.75, 3.05) is 0 Å². The van der Waals surface area contributed by atoms with Gasteiger partial charge in [-0.05, 0) is 54.4 Å². The maximum atomic E-state index is 5.95. The second kappa shape index (κ2) is 5.15. The van der Waals surface area contributed by atoms with Crippen LogP contribution in [-0.4, -0.2) is 22.3 Å². The Balaban J connectivity index is 2.24. The van der Waals surface area contributed by atoms with Crippen molar-refractivity contribution in [2.45, 2.75) is 71.7 Å². The van der Waals surface area contributed by atoms with Crippen LogP contribution >= 0.6 is 0 Å². The third kappa shape index (κ3) is 4.91. The van der Waals surface area contributed by atoms with Crippen molar-refractivity contribution in [1.82, 2.24) is 4.98 Å². The molecule has 1 fully saturated rings. The normalized spacial score (nSPS) is 15.9. The standard InChI is InChI=1S/C16H25NO3/c1-15(2,3)19-13-9-12(18-11-7-8-11)10-17-14(13)20-16(4,5)6/h9-11H,7-8H2,1-6H3. The van der Waals surface area contributed by atoms with Crippen LogP contribution in [0, 0.1) is 0 Å². The topological polar surface area (TPSA) is 40.6 Å². The van der Waals surface area contributed by atoms with Gasteiger partial charge in [0.2, 0.25) is 0 Å². The maximum Gasteiger partial charge on any atom is 0.257 e. The van der Waals surface area contributed by atoms with Gasteiger partial charge in [-0.15, -0.1) is 0 Å². The Morgan fingerprint density at radius 1 is 1.00 bits per heavy atom. The molecular formula is C16H25NO3. The van der Waals surface area contributed by atoms with Gasteiger partial charge in [-0.2, -0.15) is 0 Å². The third-order valence-corrected chi connectivity index (χ3v) is 2.44. The van der Waals surface area contributed by atoms with Gasteiger partial charge in [0, 0.05) is 6.07 Å². The number of pyridine rings is 1. The number of nitrogens with zero attached hydrogens (tertiary/aromatic N) is 1. The van der Waals surface area contributed by atoms with Gasteiger partial charge in [0.15, 0.2) is 5.75 Å². The van der Waals surface area contributed by atoms with Gasteiger partial charge in [0.1, 0.15) is 17.0 Å². The van der Waals surface area contributed by atoms with Gasteiger partial charge in [-0.25, -0.2) is 4.98 Å². The predicted octanol–water partition coefficient (Wildman–Crippen LogP) is 3.98. The van der Waals surface area contributed by atoms with E-state index in [1.165, 1.54) is 0 Å². The van der Waals surface area contributed by atoms with Gasteiger partial charge >= 0.3 is 0 Å². The molecule has 0 bridgehead atoms. The van der Waals surface area contributed by atoms with Crippen LogP contribution < -0.4 is 14.2 Å². The Morgan fingerprint density at radius 2 is 1.60 bits per heavy atom. The van der Waals surface area contributed by atoms with E-state index < -0.39 is 0 Å². The van der Waals surface area contributed by atoms with E-state index in [9.17, 15) is 0 Å². The van der Waals surface area contributed by atoms with Gasteiger partial charge in [0.25, 0.3) is 5.88 Å². The molecule has 0 aliphatic heterocycles. The maximum absolute atomic E-state index is 5.95. The Kier molecular flexibility index (Phi) is 3.85. The minimum absolute atomic E-state index is 0.310. The molecule has 0 radical (unpaired) electrons. The van der Waals surface area contributed by atoms with Gasteiger partial charge < -0.3 is 14.2 Å². The third-order valence-electron chi connectivity index (χ3n) is 2.44. The van der Waals surface area contributed by atoms with E-state index >= 15 is 0 Å². The minimum Gasteiger partial charge on any atom is -0.489 e. The lowest BCUT2D eigenvalue weighted by molar-refractivity contribution is 0.0899. The summed E-state index contributed by atoms with van der Waals surface area (Å²) in [6.45, 7) is 12.0. The molecule has 2 rings (SSSR count). The van der Waals surface area contributed by atoms with E-state index in [1.807, 2.05) is 47.6 Å². The molecule has 1 aromatic rings. The fourth-order valence-corrected chi connectivity index (χ4v) is 1.63. The quantitative estimate of drug-likeness (QED) is 0.836. The van der Waals surface area contributed by atoms with Crippen LogP contribution in [-0.2, 0) is 0 Å². The lowest BCUT2D eigenvalue weighted by Crippen LogP contribution is -2.27. The van der Waals surface area contributed by atoms with E-state index in [4.69, 9.17) is 14.2 Å². The molecule has 0 unspecified atom stereocenters. The molecule has 1 aromatic heterocycles. The van der Waals surface area contributed by atoms with Crippen molar-refractivity contribution >= 4 is 0 Å². The lowest BCUT2D eigenvalue weighted by Gasteiger charge is -2.26. The van der Waals surface area contributed by atoms with Gasteiger partial charge in [0.05, 0.1) is 12.3 Å². The summed E-state index contributed by atoms with van der Waals surface area (Å²) in [7, 11) is 0. The summed E-state index contributed by atoms with van der Waals surface area (Å²) in [5.41, 5.74) is -0.627. The van der Waals surface area contributed by atoms with Crippen molar-refractivity contribution in [3.8, 4) is 17.4 Å². The number of hydrogen-bond acceptors (Lipinski definition) is 4. The summed E-state index contributed by atoms with van der Waals surface area (Å²) in [5, 5.41) is 0. The highest BCUT2D eigenvalue weighted by Crippen LogP contribution is 2.35. The van der Waals surface area contributed by atoms with E-state index in [0.717, 1.165) is 18.6 Å². The first kappa shape index (κ1) is 14.9. The lowest BCUT2D eigenvalue weighted by atomic mass is 10.2. The SMILES string of the molecule is CC(C)(C)Oc1cc(OC2CC2)cnc1OC(C)(C)C. The second-order valence-corrected chi connectivity index (χ2v) is 7.22. The molecule has 0 saturated heterocycles. The number of ether oxygens (including phenoxy) is 3. The summed E-state index contributed by atoms with van der Waals surface area (Å²) in [6.07, 6.45) is 4.29. The zero-order chi connectivity index (χ0) is 15.0. The molecule has 0 spiro atoms. The van der Waals surface area contributed by atoms with Gasteiger partial charge in [-0.1, -0.05) is 0 Å². The van der Waals surface area contributed by atoms with Crippen LogP contribution in [0.5, 0.6) is 17.4 Å². The van der Waals surface area contributed by atoms with E-state index in [-0.39, 0.29) is 11.2 Å². The Bertz CT molecular complexity index is 468. The molecule has 4 heteroatoms. The van der Waals surface area contributed by atoms with E-state index in [2.05, 4.69) is 4.98 Å². The van der Waals surface area contributed by atoms with Crippen LogP contribution in [0.15, 0.2) is 12.3 Å². The van der Waals surface area contributed by atoms with Crippen LogP contribution in [0.3, 0.4) is 0 Å². The zero-order valence-electron chi connectivity index (χ0n) is 13.3. The average Bonchev–Trinajstić information content (AvgIpc) is 3.02. The number of aromatic nitrogens is 1. The van der Waals surface area contributed by atoms with Crippen molar-refractivity contribution in [2.24, 2.45) is 0 Å². The Hall–Kier alpha value is -1.45. The summed E-state index contributed by atoms with van der Waals surface area (Å²) >= 11 is 0. The first-order chi connectivity index (χ1) is 9.12. The fraction of sp³-hybridized carbons (Fsp3) is 0.688. The highest BCUT2D eigenvalue weighted by Gasteiger charge is 2.26. The molecule has 1 aliphatic rings. The highest BCUT2D eigenvalue weighted by molar-refractivity contribution is 5.40. The molecule has 0 N–H and O–H groups in total.